The van der Waals surface area contributed by atoms with Gasteiger partial charge in [-0.25, -0.2) is 0 Å². The molecule has 3 rings (SSSR count). The molecule has 0 bridgehead atoms. The van der Waals surface area contributed by atoms with Crippen LogP contribution in [0.5, 0.6) is 5.75 Å². The van der Waals surface area contributed by atoms with E-state index in [1.54, 1.807) is 7.11 Å². The van der Waals surface area contributed by atoms with Gasteiger partial charge in [-0.05, 0) is 37.1 Å². The minimum absolute atomic E-state index is 0.570. The standard InChI is InChI=1S/C15H16O4/c1-18-11-4-5-12-10(8-11)9-13(19-12)15(14(16)17)6-2-3-7-15/h4-5,8-9H,2-3,6-7H2,1H3,(H,16,17). The van der Waals surface area contributed by atoms with E-state index in [2.05, 4.69) is 0 Å². The number of rotatable bonds is 3. The van der Waals surface area contributed by atoms with Crippen LogP contribution in [0.25, 0.3) is 11.0 Å². The van der Waals surface area contributed by atoms with Crippen LogP contribution >= 0.6 is 0 Å². The highest BCUT2D eigenvalue weighted by atomic mass is 16.5. The van der Waals surface area contributed by atoms with Gasteiger partial charge in [-0.3, -0.25) is 4.79 Å². The summed E-state index contributed by atoms with van der Waals surface area (Å²) in [5.41, 5.74) is -0.130. The number of carboxylic acids is 1. The topological polar surface area (TPSA) is 59.7 Å². The molecular formula is C15H16O4. The molecule has 0 amide bonds. The van der Waals surface area contributed by atoms with Gasteiger partial charge in [0.1, 0.15) is 22.5 Å². The van der Waals surface area contributed by atoms with Gasteiger partial charge in [-0.15, -0.1) is 0 Å². The average Bonchev–Trinajstić information content (AvgIpc) is 3.04. The Bertz CT molecular complexity index is 620. The normalized spacial score (nSPS) is 17.7. The van der Waals surface area contributed by atoms with E-state index < -0.39 is 11.4 Å². The molecule has 0 saturated heterocycles. The van der Waals surface area contributed by atoms with Crippen LogP contribution in [-0.4, -0.2) is 18.2 Å². The number of carboxylic acid groups (broad SMARTS) is 1. The summed E-state index contributed by atoms with van der Waals surface area (Å²) in [6.45, 7) is 0. The van der Waals surface area contributed by atoms with Crippen LogP contribution < -0.4 is 4.74 Å². The van der Waals surface area contributed by atoms with Crippen molar-refractivity contribution in [2.45, 2.75) is 31.1 Å². The number of fused-ring (bicyclic) bond motifs is 1. The van der Waals surface area contributed by atoms with E-state index in [0.29, 0.717) is 24.2 Å². The molecule has 0 radical (unpaired) electrons. The summed E-state index contributed by atoms with van der Waals surface area (Å²) >= 11 is 0. The van der Waals surface area contributed by atoms with Crippen LogP contribution in [-0.2, 0) is 10.2 Å². The van der Waals surface area contributed by atoms with Gasteiger partial charge in [0.2, 0.25) is 0 Å². The van der Waals surface area contributed by atoms with Crippen molar-refractivity contribution in [3.05, 3.63) is 30.0 Å². The van der Waals surface area contributed by atoms with Crippen molar-refractivity contribution in [3.63, 3.8) is 0 Å². The van der Waals surface area contributed by atoms with E-state index in [4.69, 9.17) is 9.15 Å². The number of hydrogen-bond donors (Lipinski definition) is 1. The van der Waals surface area contributed by atoms with Gasteiger partial charge in [0, 0.05) is 5.39 Å². The van der Waals surface area contributed by atoms with E-state index in [1.165, 1.54) is 0 Å². The van der Waals surface area contributed by atoms with Crippen LogP contribution in [0.1, 0.15) is 31.4 Å². The summed E-state index contributed by atoms with van der Waals surface area (Å²) in [7, 11) is 1.61. The summed E-state index contributed by atoms with van der Waals surface area (Å²) < 4.78 is 11.0. The Hall–Kier alpha value is -1.97. The van der Waals surface area contributed by atoms with E-state index in [1.807, 2.05) is 24.3 Å². The Labute approximate surface area is 111 Å². The van der Waals surface area contributed by atoms with Gasteiger partial charge in [0.15, 0.2) is 0 Å². The fourth-order valence-corrected chi connectivity index (χ4v) is 2.93. The quantitative estimate of drug-likeness (QED) is 0.919. The van der Waals surface area contributed by atoms with Gasteiger partial charge in [0.05, 0.1) is 7.11 Å². The maximum absolute atomic E-state index is 11.6. The minimum Gasteiger partial charge on any atom is -0.497 e. The van der Waals surface area contributed by atoms with Gasteiger partial charge >= 0.3 is 5.97 Å². The number of ether oxygens (including phenoxy) is 1. The fraction of sp³-hybridized carbons (Fsp3) is 0.400. The zero-order chi connectivity index (χ0) is 13.5. The molecule has 0 atom stereocenters. The van der Waals surface area contributed by atoms with Crippen molar-refractivity contribution < 1.29 is 19.1 Å². The van der Waals surface area contributed by atoms with Gasteiger partial charge in [0.25, 0.3) is 0 Å². The van der Waals surface area contributed by atoms with Crippen molar-refractivity contribution in [1.29, 1.82) is 0 Å². The second-order valence-electron chi connectivity index (χ2n) is 5.11. The first-order valence-electron chi connectivity index (χ1n) is 6.47. The lowest BCUT2D eigenvalue weighted by Crippen LogP contribution is -2.31. The number of methoxy groups -OCH3 is 1. The predicted molar refractivity (Wildman–Crippen MR) is 70.5 cm³/mol. The van der Waals surface area contributed by atoms with Crippen molar-refractivity contribution in [2.75, 3.05) is 7.11 Å². The fourth-order valence-electron chi connectivity index (χ4n) is 2.93. The summed E-state index contributed by atoms with van der Waals surface area (Å²) in [5.74, 6) is 0.535. The molecule has 1 saturated carbocycles. The summed E-state index contributed by atoms with van der Waals surface area (Å²) in [6.07, 6.45) is 3.18. The summed E-state index contributed by atoms with van der Waals surface area (Å²) in [4.78, 5) is 11.6. The first kappa shape index (κ1) is 12.1. The summed E-state index contributed by atoms with van der Waals surface area (Å²) in [6, 6.07) is 7.35. The van der Waals surface area contributed by atoms with Gasteiger partial charge in [-0.2, -0.15) is 0 Å². The van der Waals surface area contributed by atoms with E-state index in [9.17, 15) is 9.90 Å². The highest BCUT2D eigenvalue weighted by Crippen LogP contribution is 2.43. The average molecular weight is 260 g/mol. The Balaban J connectivity index is 2.11. The van der Waals surface area contributed by atoms with Crippen LogP contribution in [0.15, 0.2) is 28.7 Å². The Kier molecular flexibility index (Phi) is 2.73. The molecule has 1 aliphatic carbocycles. The number of hydrogen-bond acceptors (Lipinski definition) is 3. The smallest absolute Gasteiger partial charge is 0.317 e. The molecule has 1 fully saturated rings. The predicted octanol–water partition coefficient (Wildman–Crippen LogP) is 3.34. The molecular weight excluding hydrogens is 244 g/mol. The van der Waals surface area contributed by atoms with Crippen molar-refractivity contribution in [3.8, 4) is 5.75 Å². The zero-order valence-corrected chi connectivity index (χ0v) is 10.8. The minimum atomic E-state index is -0.841. The second kappa shape index (κ2) is 4.30. The molecule has 19 heavy (non-hydrogen) atoms. The lowest BCUT2D eigenvalue weighted by atomic mass is 9.83. The zero-order valence-electron chi connectivity index (χ0n) is 10.8. The molecule has 0 unspecified atom stereocenters. The lowest BCUT2D eigenvalue weighted by molar-refractivity contribution is -0.144. The van der Waals surface area contributed by atoms with Gasteiger partial charge in [-0.1, -0.05) is 12.8 Å². The molecule has 1 aliphatic rings. The first-order valence-corrected chi connectivity index (χ1v) is 6.47. The van der Waals surface area contributed by atoms with Crippen molar-refractivity contribution >= 4 is 16.9 Å². The molecule has 1 aromatic heterocycles. The second-order valence-corrected chi connectivity index (χ2v) is 5.11. The van der Waals surface area contributed by atoms with Crippen LogP contribution in [0.3, 0.4) is 0 Å². The Morgan fingerprint density at radius 3 is 2.68 bits per heavy atom. The van der Waals surface area contributed by atoms with Crippen molar-refractivity contribution in [2.24, 2.45) is 0 Å². The van der Waals surface area contributed by atoms with E-state index >= 15 is 0 Å². The number of furan rings is 1. The molecule has 4 nitrogen and oxygen atoms in total. The molecule has 1 aromatic carbocycles. The largest absolute Gasteiger partial charge is 0.497 e. The van der Waals surface area contributed by atoms with Crippen LogP contribution in [0.4, 0.5) is 0 Å². The Morgan fingerprint density at radius 1 is 1.32 bits per heavy atom. The van der Waals surface area contributed by atoms with E-state index in [-0.39, 0.29) is 0 Å². The molecule has 100 valence electrons. The van der Waals surface area contributed by atoms with Gasteiger partial charge < -0.3 is 14.3 Å². The molecule has 0 aliphatic heterocycles. The van der Waals surface area contributed by atoms with Crippen LogP contribution in [0.2, 0.25) is 0 Å². The lowest BCUT2D eigenvalue weighted by Gasteiger charge is -2.20. The highest BCUT2D eigenvalue weighted by molar-refractivity contribution is 5.85. The molecule has 4 heteroatoms. The van der Waals surface area contributed by atoms with Crippen molar-refractivity contribution in [1.82, 2.24) is 0 Å². The monoisotopic (exact) mass is 260 g/mol. The number of carbonyl (C=O) groups is 1. The molecule has 2 aromatic rings. The summed E-state index contributed by atoms with van der Waals surface area (Å²) in [5, 5.41) is 10.4. The number of aliphatic carboxylic acids is 1. The molecule has 1 N–H and O–H groups in total. The maximum Gasteiger partial charge on any atom is 0.317 e. The first-order chi connectivity index (χ1) is 9.15. The third-order valence-corrected chi connectivity index (χ3v) is 4.06. The molecule has 0 spiro atoms. The van der Waals surface area contributed by atoms with Crippen LogP contribution in [0, 0.1) is 0 Å². The third-order valence-electron chi connectivity index (χ3n) is 4.06. The molecule has 1 heterocycles. The highest BCUT2D eigenvalue weighted by Gasteiger charge is 2.45. The third kappa shape index (κ3) is 1.79. The maximum atomic E-state index is 11.6. The van der Waals surface area contributed by atoms with E-state index in [0.717, 1.165) is 24.0 Å². The SMILES string of the molecule is COc1ccc2oc(C3(C(=O)O)CCCC3)cc2c1. The Morgan fingerprint density at radius 2 is 2.05 bits per heavy atom. The number of benzene rings is 1.